The Labute approximate surface area is 175 Å². The lowest BCUT2D eigenvalue weighted by Gasteiger charge is -2.31. The van der Waals surface area contributed by atoms with Crippen LogP contribution in [0.3, 0.4) is 0 Å². The number of halogens is 1. The summed E-state index contributed by atoms with van der Waals surface area (Å²) in [6.07, 6.45) is 2.53. The number of hydrogen-bond acceptors (Lipinski definition) is 4. The zero-order valence-electron chi connectivity index (χ0n) is 16.5. The molecule has 1 fully saturated rings. The molecule has 0 saturated carbocycles. The van der Waals surface area contributed by atoms with E-state index in [1.54, 1.807) is 6.07 Å². The van der Waals surface area contributed by atoms with E-state index in [9.17, 15) is 4.79 Å². The number of benzene rings is 2. The van der Waals surface area contributed by atoms with Gasteiger partial charge in [0, 0.05) is 16.8 Å². The number of hydrogen-bond donors (Lipinski definition) is 2. The number of carbonyl (C=O) groups is 1. The molecule has 1 saturated heterocycles. The van der Waals surface area contributed by atoms with Gasteiger partial charge >= 0.3 is 0 Å². The first-order valence-electron chi connectivity index (χ1n) is 10.1. The number of carbonyl (C=O) groups excluding carboxylic acids is 1. The third-order valence-electron chi connectivity index (χ3n) is 5.68. The van der Waals surface area contributed by atoms with Crippen molar-refractivity contribution in [2.45, 2.75) is 32.1 Å². The molecule has 0 spiro atoms. The van der Waals surface area contributed by atoms with Gasteiger partial charge in [-0.05, 0) is 61.5 Å². The summed E-state index contributed by atoms with van der Waals surface area (Å²) in [5.41, 5.74) is 8.89. The van der Waals surface area contributed by atoms with Gasteiger partial charge < -0.3 is 11.1 Å². The molecule has 150 valence electrons. The standard InChI is InChI=1S/C23H25ClN4O/c1-2-21-27-20(18-7-4-8-19(23(25)29)22(18)28-21)11-16(9-14-12-26-13-14)15-5-3-6-17(24)10-15/h3-8,10,14,16,26H,2,9,11-13H2,1H3,(H2,25,29)/t16-/m0/s1. The number of rotatable bonds is 7. The number of primary amides is 1. The fourth-order valence-corrected chi connectivity index (χ4v) is 4.23. The van der Waals surface area contributed by atoms with Crippen molar-refractivity contribution in [1.82, 2.24) is 15.3 Å². The minimum absolute atomic E-state index is 0.292. The highest BCUT2D eigenvalue weighted by molar-refractivity contribution is 6.30. The van der Waals surface area contributed by atoms with Crippen LogP contribution in [0.2, 0.25) is 5.02 Å². The van der Waals surface area contributed by atoms with E-state index in [1.165, 1.54) is 5.56 Å². The number of aromatic nitrogens is 2. The van der Waals surface area contributed by atoms with E-state index >= 15 is 0 Å². The summed E-state index contributed by atoms with van der Waals surface area (Å²) in [5, 5.41) is 5.01. The molecular weight excluding hydrogens is 384 g/mol. The van der Waals surface area contributed by atoms with Crippen molar-refractivity contribution in [2.24, 2.45) is 11.7 Å². The van der Waals surface area contributed by atoms with Crippen LogP contribution in [-0.4, -0.2) is 29.0 Å². The zero-order valence-corrected chi connectivity index (χ0v) is 17.2. The summed E-state index contributed by atoms with van der Waals surface area (Å²) in [6, 6.07) is 13.7. The molecule has 1 aliphatic rings. The normalized spacial score (nSPS) is 15.2. The van der Waals surface area contributed by atoms with Crippen molar-refractivity contribution in [3.05, 3.63) is 70.1 Å². The lowest BCUT2D eigenvalue weighted by Crippen LogP contribution is -2.42. The number of aryl methyl sites for hydroxylation is 1. The van der Waals surface area contributed by atoms with E-state index in [0.717, 1.165) is 47.9 Å². The van der Waals surface area contributed by atoms with Gasteiger partial charge in [0.15, 0.2) is 0 Å². The Kier molecular flexibility index (Phi) is 5.79. The molecule has 4 rings (SSSR count). The highest BCUT2D eigenvalue weighted by atomic mass is 35.5. The minimum atomic E-state index is -0.464. The van der Waals surface area contributed by atoms with Gasteiger partial charge in [-0.25, -0.2) is 9.97 Å². The fraction of sp³-hybridized carbons (Fsp3) is 0.348. The second-order valence-electron chi connectivity index (χ2n) is 7.72. The Bertz CT molecular complexity index is 1050. The summed E-state index contributed by atoms with van der Waals surface area (Å²) in [7, 11) is 0. The number of nitrogens with two attached hydrogens (primary N) is 1. The number of nitrogens with one attached hydrogen (secondary N) is 1. The summed E-state index contributed by atoms with van der Waals surface area (Å²) < 4.78 is 0. The van der Waals surface area contributed by atoms with Gasteiger partial charge in [-0.2, -0.15) is 0 Å². The van der Waals surface area contributed by atoms with Crippen LogP contribution in [0.5, 0.6) is 0 Å². The van der Waals surface area contributed by atoms with Crippen molar-refractivity contribution in [1.29, 1.82) is 0 Å². The van der Waals surface area contributed by atoms with Gasteiger partial charge in [-0.15, -0.1) is 0 Å². The highest BCUT2D eigenvalue weighted by Crippen LogP contribution is 2.32. The third kappa shape index (κ3) is 4.26. The highest BCUT2D eigenvalue weighted by Gasteiger charge is 2.25. The Balaban J connectivity index is 1.78. The number of fused-ring (bicyclic) bond motifs is 1. The van der Waals surface area contributed by atoms with E-state index in [4.69, 9.17) is 22.3 Å². The van der Waals surface area contributed by atoms with Crippen LogP contribution in [0.25, 0.3) is 10.9 Å². The van der Waals surface area contributed by atoms with Crippen LogP contribution in [0.1, 0.15) is 46.7 Å². The average molecular weight is 409 g/mol. The maximum absolute atomic E-state index is 11.9. The Morgan fingerprint density at radius 3 is 2.69 bits per heavy atom. The zero-order chi connectivity index (χ0) is 20.4. The summed E-state index contributed by atoms with van der Waals surface area (Å²) in [5.74, 6) is 1.21. The Hall–Kier alpha value is -2.50. The van der Waals surface area contributed by atoms with E-state index in [-0.39, 0.29) is 0 Å². The largest absolute Gasteiger partial charge is 0.366 e. The molecule has 1 aromatic heterocycles. The summed E-state index contributed by atoms with van der Waals surface area (Å²) >= 11 is 6.29. The molecule has 3 N–H and O–H groups in total. The van der Waals surface area contributed by atoms with E-state index < -0.39 is 5.91 Å². The van der Waals surface area contributed by atoms with Gasteiger partial charge in [-0.1, -0.05) is 42.8 Å². The Morgan fingerprint density at radius 1 is 1.24 bits per heavy atom. The Morgan fingerprint density at radius 2 is 2.03 bits per heavy atom. The molecule has 6 heteroatoms. The molecule has 0 bridgehead atoms. The minimum Gasteiger partial charge on any atom is -0.366 e. The van der Waals surface area contributed by atoms with Crippen LogP contribution < -0.4 is 11.1 Å². The van der Waals surface area contributed by atoms with Crippen LogP contribution >= 0.6 is 11.6 Å². The molecule has 3 aromatic rings. The van der Waals surface area contributed by atoms with Crippen LogP contribution in [0, 0.1) is 5.92 Å². The average Bonchev–Trinajstić information content (AvgIpc) is 2.68. The van der Waals surface area contributed by atoms with Crippen LogP contribution in [-0.2, 0) is 12.8 Å². The summed E-state index contributed by atoms with van der Waals surface area (Å²) in [6.45, 7) is 4.12. The van der Waals surface area contributed by atoms with Crippen molar-refractivity contribution < 1.29 is 4.79 Å². The SMILES string of the molecule is CCc1nc(C[C@H](CC2CNC2)c2cccc(Cl)c2)c2cccc(C(N)=O)c2n1. The van der Waals surface area contributed by atoms with Crippen molar-refractivity contribution in [3.8, 4) is 0 Å². The first-order chi connectivity index (χ1) is 14.0. The van der Waals surface area contributed by atoms with Gasteiger partial charge in [0.1, 0.15) is 5.82 Å². The van der Waals surface area contributed by atoms with E-state index in [0.29, 0.717) is 29.3 Å². The maximum Gasteiger partial charge on any atom is 0.250 e. The molecule has 1 atom stereocenters. The molecule has 2 heterocycles. The van der Waals surface area contributed by atoms with E-state index in [2.05, 4.69) is 22.4 Å². The number of para-hydroxylation sites is 1. The second-order valence-corrected chi connectivity index (χ2v) is 8.16. The molecule has 0 unspecified atom stereocenters. The van der Waals surface area contributed by atoms with Crippen LogP contribution in [0.4, 0.5) is 0 Å². The smallest absolute Gasteiger partial charge is 0.250 e. The predicted octanol–water partition coefficient (Wildman–Crippen LogP) is 3.88. The van der Waals surface area contributed by atoms with Gasteiger partial charge in [0.2, 0.25) is 0 Å². The molecule has 0 aliphatic carbocycles. The van der Waals surface area contributed by atoms with Gasteiger partial charge in [0.05, 0.1) is 16.8 Å². The molecule has 0 radical (unpaired) electrons. The number of amides is 1. The second kappa shape index (κ2) is 8.47. The van der Waals surface area contributed by atoms with Gasteiger partial charge in [-0.3, -0.25) is 4.79 Å². The molecule has 1 aliphatic heterocycles. The molecule has 5 nitrogen and oxygen atoms in total. The monoisotopic (exact) mass is 408 g/mol. The third-order valence-corrected chi connectivity index (χ3v) is 5.91. The maximum atomic E-state index is 11.9. The molecule has 1 amide bonds. The topological polar surface area (TPSA) is 80.9 Å². The molecule has 2 aromatic carbocycles. The van der Waals surface area contributed by atoms with Crippen LogP contribution in [0.15, 0.2) is 42.5 Å². The van der Waals surface area contributed by atoms with Crippen molar-refractivity contribution in [2.75, 3.05) is 13.1 Å². The first kappa shape index (κ1) is 19.8. The fourth-order valence-electron chi connectivity index (χ4n) is 4.03. The van der Waals surface area contributed by atoms with Crippen molar-refractivity contribution in [3.63, 3.8) is 0 Å². The molecular formula is C23H25ClN4O. The number of nitrogens with zero attached hydrogens (tertiary/aromatic N) is 2. The van der Waals surface area contributed by atoms with Gasteiger partial charge in [0.25, 0.3) is 5.91 Å². The molecule has 29 heavy (non-hydrogen) atoms. The first-order valence-corrected chi connectivity index (χ1v) is 10.5. The lowest BCUT2D eigenvalue weighted by atomic mass is 9.82. The quantitative estimate of drug-likeness (QED) is 0.621. The van der Waals surface area contributed by atoms with E-state index in [1.807, 2.05) is 31.2 Å². The summed E-state index contributed by atoms with van der Waals surface area (Å²) in [4.78, 5) is 21.4. The lowest BCUT2D eigenvalue weighted by molar-refractivity contribution is 0.100. The van der Waals surface area contributed by atoms with Crippen molar-refractivity contribution >= 4 is 28.4 Å². The predicted molar refractivity (Wildman–Crippen MR) is 116 cm³/mol.